The third-order valence-corrected chi connectivity index (χ3v) is 6.97. The molecule has 0 aliphatic carbocycles. The maximum Gasteiger partial charge on any atom is 0.271 e. The van der Waals surface area contributed by atoms with Crippen molar-refractivity contribution >= 4 is 27.4 Å². The number of Topliss-reactive ketones (excluding diaryl/α,β-unsaturated/α-hetero) is 1. The second kappa shape index (κ2) is 9.36. The normalized spacial score (nSPS) is 15.4. The van der Waals surface area contributed by atoms with Crippen molar-refractivity contribution in [1.82, 2.24) is 8.87 Å². The molecule has 160 valence electrons. The number of benzene rings is 1. The maximum absolute atomic E-state index is 13.0. The zero-order valence-corrected chi connectivity index (χ0v) is 17.7. The number of carbonyl (C=O) groups is 2. The molecule has 3 rings (SSSR count). The number of nitrogens with zero attached hydrogens (tertiary/aromatic N) is 2. The first-order valence-corrected chi connectivity index (χ1v) is 11.3. The minimum atomic E-state index is -3.91. The summed E-state index contributed by atoms with van der Waals surface area (Å²) in [5.74, 6) is -0.557. The highest BCUT2D eigenvalue weighted by molar-refractivity contribution is 7.89. The Hall–Kier alpha value is -2.78. The average molecular weight is 432 g/mol. The molecule has 1 aromatic carbocycles. The smallest absolute Gasteiger partial charge is 0.271 e. The summed E-state index contributed by atoms with van der Waals surface area (Å²) in [6.07, 6.45) is 4.87. The Balaban J connectivity index is 1.76. The molecule has 9 heteroatoms. The number of rotatable bonds is 6. The van der Waals surface area contributed by atoms with Crippen molar-refractivity contribution in [3.63, 3.8) is 0 Å². The number of anilines is 1. The number of sulfonamides is 1. The zero-order valence-electron chi connectivity index (χ0n) is 16.8. The Labute approximate surface area is 175 Å². The number of amides is 1. The van der Waals surface area contributed by atoms with Crippen molar-refractivity contribution in [3.05, 3.63) is 58.5 Å². The number of hydrogen-bond donors (Lipinski definition) is 1. The van der Waals surface area contributed by atoms with Gasteiger partial charge in [-0.1, -0.05) is 12.8 Å². The maximum atomic E-state index is 13.0. The molecule has 0 unspecified atom stereocenters. The number of hydrogen-bond acceptors (Lipinski definition) is 5. The SMILES string of the molecule is CC(=O)c1ccc(NC(=O)Cn2cccc(S(=O)(=O)N3CCCCCC3)c2=O)cc1. The van der Waals surface area contributed by atoms with E-state index in [9.17, 15) is 22.8 Å². The lowest BCUT2D eigenvalue weighted by atomic mass is 10.1. The van der Waals surface area contributed by atoms with Crippen LogP contribution in [0, 0.1) is 0 Å². The highest BCUT2D eigenvalue weighted by Crippen LogP contribution is 2.18. The molecule has 1 aliphatic heterocycles. The van der Waals surface area contributed by atoms with E-state index >= 15 is 0 Å². The first kappa shape index (κ1) is 21.9. The third-order valence-electron chi connectivity index (χ3n) is 5.06. The highest BCUT2D eigenvalue weighted by atomic mass is 32.2. The summed E-state index contributed by atoms with van der Waals surface area (Å²) in [7, 11) is -3.91. The molecule has 0 atom stereocenters. The molecular weight excluding hydrogens is 406 g/mol. The van der Waals surface area contributed by atoms with Crippen LogP contribution >= 0.6 is 0 Å². The fourth-order valence-corrected chi connectivity index (χ4v) is 5.01. The molecule has 1 aliphatic rings. The molecule has 2 aromatic rings. The van der Waals surface area contributed by atoms with E-state index in [0.717, 1.165) is 30.3 Å². The second-order valence-corrected chi connectivity index (χ2v) is 9.21. The van der Waals surface area contributed by atoms with Crippen LogP contribution in [0.4, 0.5) is 5.69 Å². The minimum absolute atomic E-state index is 0.0816. The van der Waals surface area contributed by atoms with Crippen molar-refractivity contribution in [3.8, 4) is 0 Å². The van der Waals surface area contributed by atoms with Gasteiger partial charge in [-0.25, -0.2) is 8.42 Å². The third kappa shape index (κ3) is 5.03. The molecule has 1 saturated heterocycles. The molecule has 0 saturated carbocycles. The molecule has 0 radical (unpaired) electrons. The monoisotopic (exact) mass is 431 g/mol. The van der Waals surface area contributed by atoms with E-state index < -0.39 is 21.5 Å². The summed E-state index contributed by atoms with van der Waals surface area (Å²) in [5.41, 5.74) is 0.283. The van der Waals surface area contributed by atoms with E-state index in [0.29, 0.717) is 24.3 Å². The number of nitrogens with one attached hydrogen (secondary N) is 1. The van der Waals surface area contributed by atoms with Crippen LogP contribution in [0.2, 0.25) is 0 Å². The van der Waals surface area contributed by atoms with E-state index in [1.54, 1.807) is 24.3 Å². The standard InChI is InChI=1S/C21H25N3O5S/c1-16(25)17-8-10-18(11-9-17)22-20(26)15-23-12-6-7-19(21(23)27)30(28,29)24-13-4-2-3-5-14-24/h6-12H,2-5,13-15H2,1H3,(H,22,26). The van der Waals surface area contributed by atoms with Gasteiger partial charge in [0.2, 0.25) is 15.9 Å². The van der Waals surface area contributed by atoms with E-state index in [1.807, 2.05) is 0 Å². The summed E-state index contributed by atoms with van der Waals surface area (Å²) >= 11 is 0. The van der Waals surface area contributed by atoms with Gasteiger partial charge in [0.15, 0.2) is 5.78 Å². The number of pyridine rings is 1. The van der Waals surface area contributed by atoms with E-state index in [-0.39, 0.29) is 17.2 Å². The van der Waals surface area contributed by atoms with E-state index in [4.69, 9.17) is 0 Å². The lowest BCUT2D eigenvalue weighted by molar-refractivity contribution is -0.116. The van der Waals surface area contributed by atoms with Crippen LogP contribution in [0.25, 0.3) is 0 Å². The van der Waals surface area contributed by atoms with Gasteiger partial charge in [0.05, 0.1) is 0 Å². The molecular formula is C21H25N3O5S. The van der Waals surface area contributed by atoms with Gasteiger partial charge in [-0.05, 0) is 56.2 Å². The van der Waals surface area contributed by atoms with Crippen LogP contribution in [0.15, 0.2) is 52.3 Å². The van der Waals surface area contributed by atoms with Crippen LogP contribution < -0.4 is 10.9 Å². The fourth-order valence-electron chi connectivity index (χ4n) is 3.40. The van der Waals surface area contributed by atoms with Gasteiger partial charge < -0.3 is 9.88 Å². The average Bonchev–Trinajstić information content (AvgIpc) is 3.00. The molecule has 1 N–H and O–H groups in total. The molecule has 1 amide bonds. The van der Waals surface area contributed by atoms with Crippen LogP contribution in [-0.4, -0.2) is 42.1 Å². The Morgan fingerprint density at radius 3 is 2.23 bits per heavy atom. The van der Waals surface area contributed by atoms with E-state index in [1.165, 1.54) is 29.6 Å². The predicted molar refractivity (Wildman–Crippen MR) is 113 cm³/mol. The summed E-state index contributed by atoms with van der Waals surface area (Å²) in [5, 5.41) is 2.64. The zero-order chi connectivity index (χ0) is 21.7. The van der Waals surface area contributed by atoms with Crippen molar-refractivity contribution in [2.75, 3.05) is 18.4 Å². The van der Waals surface area contributed by atoms with Crippen molar-refractivity contribution in [1.29, 1.82) is 0 Å². The quantitative estimate of drug-likeness (QED) is 0.706. The fraction of sp³-hybridized carbons (Fsp3) is 0.381. The topological polar surface area (TPSA) is 106 Å². The van der Waals surface area contributed by atoms with Crippen LogP contribution in [0.5, 0.6) is 0 Å². The molecule has 8 nitrogen and oxygen atoms in total. The van der Waals surface area contributed by atoms with Crippen molar-refractivity contribution in [2.24, 2.45) is 0 Å². The Morgan fingerprint density at radius 2 is 1.63 bits per heavy atom. The van der Waals surface area contributed by atoms with Gasteiger partial charge >= 0.3 is 0 Å². The van der Waals surface area contributed by atoms with Gasteiger partial charge in [0.1, 0.15) is 11.4 Å². The summed E-state index contributed by atoms with van der Waals surface area (Å²) in [4.78, 5) is 36.2. The van der Waals surface area contributed by atoms with Crippen molar-refractivity contribution in [2.45, 2.75) is 44.0 Å². The lowest BCUT2D eigenvalue weighted by Crippen LogP contribution is -2.37. The Morgan fingerprint density at radius 1 is 1.00 bits per heavy atom. The van der Waals surface area contributed by atoms with Crippen LogP contribution in [-0.2, 0) is 21.4 Å². The first-order valence-electron chi connectivity index (χ1n) is 9.89. The predicted octanol–water partition coefficient (Wildman–Crippen LogP) is 2.25. The molecule has 1 aromatic heterocycles. The van der Waals surface area contributed by atoms with E-state index in [2.05, 4.69) is 5.32 Å². The van der Waals surface area contributed by atoms with Crippen LogP contribution in [0.3, 0.4) is 0 Å². The van der Waals surface area contributed by atoms with Crippen molar-refractivity contribution < 1.29 is 18.0 Å². The summed E-state index contributed by atoms with van der Waals surface area (Å²) in [6.45, 7) is 1.92. The van der Waals surface area contributed by atoms with Crippen LogP contribution in [0.1, 0.15) is 43.0 Å². The summed E-state index contributed by atoms with van der Waals surface area (Å²) < 4.78 is 28.4. The molecule has 0 spiro atoms. The Kier molecular flexibility index (Phi) is 6.84. The number of carbonyl (C=O) groups excluding carboxylic acids is 2. The van der Waals surface area contributed by atoms with Gasteiger partial charge in [-0.2, -0.15) is 4.31 Å². The summed E-state index contributed by atoms with van der Waals surface area (Å²) in [6, 6.07) is 9.13. The van der Waals surface area contributed by atoms with Gasteiger partial charge in [0, 0.05) is 30.5 Å². The lowest BCUT2D eigenvalue weighted by Gasteiger charge is -2.20. The highest BCUT2D eigenvalue weighted by Gasteiger charge is 2.28. The first-order chi connectivity index (χ1) is 14.3. The molecule has 1 fully saturated rings. The van der Waals surface area contributed by atoms with Gasteiger partial charge in [-0.15, -0.1) is 0 Å². The molecule has 2 heterocycles. The molecule has 0 bridgehead atoms. The van der Waals surface area contributed by atoms with Gasteiger partial charge in [-0.3, -0.25) is 14.4 Å². The largest absolute Gasteiger partial charge is 0.325 e. The second-order valence-electron chi connectivity index (χ2n) is 7.31. The minimum Gasteiger partial charge on any atom is -0.325 e. The Bertz CT molecular complexity index is 1080. The molecule has 30 heavy (non-hydrogen) atoms. The van der Waals surface area contributed by atoms with Gasteiger partial charge in [0.25, 0.3) is 5.56 Å². The number of ketones is 1. The number of aromatic nitrogens is 1.